The molecule has 0 aromatic heterocycles. The van der Waals surface area contributed by atoms with Crippen LogP contribution in [0.5, 0.6) is 0 Å². The van der Waals surface area contributed by atoms with Gasteiger partial charge in [-0.2, -0.15) is 0 Å². The van der Waals surface area contributed by atoms with Gasteiger partial charge in [0.05, 0.1) is 7.11 Å². The van der Waals surface area contributed by atoms with Crippen molar-refractivity contribution in [3.05, 3.63) is 12.2 Å². The highest BCUT2D eigenvalue weighted by Crippen LogP contribution is 2.22. The zero-order valence-corrected chi connectivity index (χ0v) is 11.5. The lowest BCUT2D eigenvalue weighted by Crippen LogP contribution is -2.52. The molecule has 1 aliphatic heterocycles. The van der Waals surface area contributed by atoms with E-state index < -0.39 is 12.1 Å². The highest BCUT2D eigenvalue weighted by molar-refractivity contribution is 5.86. The number of nitrogens with one attached hydrogen (secondary N) is 1. The first-order chi connectivity index (χ1) is 8.36. The Hall–Kier alpha value is -1.52. The fourth-order valence-corrected chi connectivity index (χ4v) is 2.16. The van der Waals surface area contributed by atoms with Crippen molar-refractivity contribution in [3.63, 3.8) is 0 Å². The summed E-state index contributed by atoms with van der Waals surface area (Å²) in [5.41, 5.74) is 1.05. The van der Waals surface area contributed by atoms with E-state index >= 15 is 0 Å². The number of carbonyl (C=O) groups is 2. The van der Waals surface area contributed by atoms with Gasteiger partial charge in [0.2, 0.25) is 5.91 Å². The average molecular weight is 254 g/mol. The molecule has 18 heavy (non-hydrogen) atoms. The number of ether oxygens (including phenoxy) is 1. The predicted molar refractivity (Wildman–Crippen MR) is 69.1 cm³/mol. The second-order valence-corrected chi connectivity index (χ2v) is 5.13. The Morgan fingerprint density at radius 3 is 2.50 bits per heavy atom. The van der Waals surface area contributed by atoms with E-state index in [1.807, 2.05) is 20.8 Å². The minimum absolute atomic E-state index is 0.0117. The maximum absolute atomic E-state index is 12.4. The van der Waals surface area contributed by atoms with Crippen LogP contribution in [0, 0.1) is 5.92 Å². The van der Waals surface area contributed by atoms with Crippen LogP contribution in [0.2, 0.25) is 0 Å². The number of carbonyl (C=O) groups excluding carboxylic acids is 2. The lowest BCUT2D eigenvalue weighted by Gasteiger charge is -2.28. The van der Waals surface area contributed by atoms with Gasteiger partial charge in [0.1, 0.15) is 6.04 Å². The highest BCUT2D eigenvalue weighted by Gasteiger charge is 2.34. The first-order valence-corrected chi connectivity index (χ1v) is 6.18. The number of hydrogen-bond acceptors (Lipinski definition) is 3. The standard InChI is InChI=1S/C13H22N2O3/c1-8(2)11(14-13(17)18-5)12(16)15-7-9(3)6-10(15)4/h8,10-11H,3,6-7H2,1-2,4-5H3,(H,14,17)/t10?,11-/m0/s1. The third-order valence-corrected chi connectivity index (χ3v) is 3.18. The summed E-state index contributed by atoms with van der Waals surface area (Å²) < 4.78 is 4.55. The van der Waals surface area contributed by atoms with E-state index in [2.05, 4.69) is 16.6 Å². The third-order valence-electron chi connectivity index (χ3n) is 3.18. The van der Waals surface area contributed by atoms with Crippen molar-refractivity contribution < 1.29 is 14.3 Å². The van der Waals surface area contributed by atoms with Crippen LogP contribution in [0.25, 0.3) is 0 Å². The van der Waals surface area contributed by atoms with E-state index in [1.165, 1.54) is 7.11 Å². The highest BCUT2D eigenvalue weighted by atomic mass is 16.5. The summed E-state index contributed by atoms with van der Waals surface area (Å²) in [4.78, 5) is 25.4. The predicted octanol–water partition coefficient (Wildman–Crippen LogP) is 1.54. The van der Waals surface area contributed by atoms with Gasteiger partial charge in [-0.05, 0) is 19.3 Å². The summed E-state index contributed by atoms with van der Waals surface area (Å²) in [5.74, 6) is -0.0563. The molecule has 0 bridgehead atoms. The summed E-state index contributed by atoms with van der Waals surface area (Å²) in [5, 5.41) is 2.60. The van der Waals surface area contributed by atoms with Gasteiger partial charge in [-0.3, -0.25) is 4.79 Å². The van der Waals surface area contributed by atoms with Crippen LogP contribution >= 0.6 is 0 Å². The number of rotatable bonds is 3. The van der Waals surface area contributed by atoms with E-state index in [9.17, 15) is 9.59 Å². The minimum Gasteiger partial charge on any atom is -0.453 e. The molecule has 5 heteroatoms. The molecule has 0 aromatic rings. The molecule has 0 radical (unpaired) electrons. The maximum Gasteiger partial charge on any atom is 0.407 e. The van der Waals surface area contributed by atoms with E-state index in [1.54, 1.807) is 4.90 Å². The summed E-state index contributed by atoms with van der Waals surface area (Å²) >= 11 is 0. The van der Waals surface area contributed by atoms with Crippen LogP contribution in [0.4, 0.5) is 4.79 Å². The molecular weight excluding hydrogens is 232 g/mol. The Balaban J connectivity index is 2.77. The second kappa shape index (κ2) is 5.89. The molecule has 0 aliphatic carbocycles. The average Bonchev–Trinajstić information content (AvgIpc) is 2.63. The molecule has 1 unspecified atom stereocenters. The molecule has 1 aliphatic rings. The van der Waals surface area contributed by atoms with Gasteiger partial charge in [-0.25, -0.2) is 4.79 Å². The Kier molecular flexibility index (Phi) is 4.76. The molecule has 5 nitrogen and oxygen atoms in total. The van der Waals surface area contributed by atoms with Crippen molar-refractivity contribution in [2.24, 2.45) is 5.92 Å². The molecule has 2 atom stereocenters. The molecule has 102 valence electrons. The van der Waals surface area contributed by atoms with E-state index in [0.29, 0.717) is 6.54 Å². The summed E-state index contributed by atoms with van der Waals surface area (Å²) in [6.45, 7) is 10.3. The Labute approximate surface area is 108 Å². The molecule has 0 saturated carbocycles. The lowest BCUT2D eigenvalue weighted by molar-refractivity contribution is -0.134. The van der Waals surface area contributed by atoms with Gasteiger partial charge in [0, 0.05) is 12.6 Å². The Bertz CT molecular complexity index is 352. The van der Waals surface area contributed by atoms with Crippen LogP contribution in [0.15, 0.2) is 12.2 Å². The van der Waals surface area contributed by atoms with Crippen molar-refractivity contribution in [3.8, 4) is 0 Å². The SMILES string of the molecule is C=C1CC(C)N(C(=O)[C@@H](NC(=O)OC)C(C)C)C1. The molecule has 1 N–H and O–H groups in total. The number of nitrogens with zero attached hydrogens (tertiary/aromatic N) is 1. The fraction of sp³-hybridized carbons (Fsp3) is 0.692. The lowest BCUT2D eigenvalue weighted by atomic mass is 10.0. The van der Waals surface area contributed by atoms with Crippen molar-refractivity contribution in [2.75, 3.05) is 13.7 Å². The van der Waals surface area contributed by atoms with Gasteiger partial charge in [-0.1, -0.05) is 26.0 Å². The first-order valence-electron chi connectivity index (χ1n) is 6.18. The Morgan fingerprint density at radius 2 is 2.11 bits per heavy atom. The van der Waals surface area contributed by atoms with Crippen molar-refractivity contribution in [1.29, 1.82) is 0 Å². The van der Waals surface area contributed by atoms with Crippen molar-refractivity contribution >= 4 is 12.0 Å². The van der Waals surface area contributed by atoms with Gasteiger partial charge < -0.3 is 15.0 Å². The first kappa shape index (κ1) is 14.5. The van der Waals surface area contributed by atoms with E-state index in [0.717, 1.165) is 12.0 Å². The monoisotopic (exact) mass is 254 g/mol. The van der Waals surface area contributed by atoms with Gasteiger partial charge in [-0.15, -0.1) is 0 Å². The molecule has 1 fully saturated rings. The zero-order chi connectivity index (χ0) is 13.9. The van der Waals surface area contributed by atoms with Crippen molar-refractivity contribution in [2.45, 2.75) is 39.3 Å². The molecule has 1 heterocycles. The van der Waals surface area contributed by atoms with Gasteiger partial charge in [0.25, 0.3) is 0 Å². The summed E-state index contributed by atoms with van der Waals surface area (Å²) in [6.07, 6.45) is 0.252. The normalized spacial score (nSPS) is 21.1. The van der Waals surface area contributed by atoms with E-state index in [-0.39, 0.29) is 17.9 Å². The van der Waals surface area contributed by atoms with Crippen LogP contribution in [0.3, 0.4) is 0 Å². The summed E-state index contributed by atoms with van der Waals surface area (Å²) in [7, 11) is 1.29. The molecule has 0 spiro atoms. The molecular formula is C13H22N2O3. The number of hydrogen-bond donors (Lipinski definition) is 1. The number of amides is 2. The topological polar surface area (TPSA) is 58.6 Å². The number of alkyl carbamates (subject to hydrolysis) is 1. The quantitative estimate of drug-likeness (QED) is 0.777. The second-order valence-electron chi connectivity index (χ2n) is 5.13. The van der Waals surface area contributed by atoms with Gasteiger partial charge in [0.15, 0.2) is 0 Å². The number of likely N-dealkylation sites (tertiary alicyclic amines) is 1. The Morgan fingerprint density at radius 1 is 1.50 bits per heavy atom. The molecule has 0 aromatic carbocycles. The molecule has 2 amide bonds. The maximum atomic E-state index is 12.4. The van der Waals surface area contributed by atoms with Crippen molar-refractivity contribution in [1.82, 2.24) is 10.2 Å². The molecule has 1 rings (SSSR count). The summed E-state index contributed by atoms with van der Waals surface area (Å²) in [6, 6.07) is -0.406. The van der Waals surface area contributed by atoms with Crippen LogP contribution in [-0.4, -0.2) is 42.6 Å². The van der Waals surface area contributed by atoms with Crippen LogP contribution in [-0.2, 0) is 9.53 Å². The fourth-order valence-electron chi connectivity index (χ4n) is 2.16. The zero-order valence-electron chi connectivity index (χ0n) is 11.5. The van der Waals surface area contributed by atoms with Crippen LogP contribution in [0.1, 0.15) is 27.2 Å². The van der Waals surface area contributed by atoms with E-state index in [4.69, 9.17) is 0 Å². The van der Waals surface area contributed by atoms with Gasteiger partial charge >= 0.3 is 6.09 Å². The number of methoxy groups -OCH3 is 1. The smallest absolute Gasteiger partial charge is 0.407 e. The van der Waals surface area contributed by atoms with Crippen LogP contribution < -0.4 is 5.32 Å². The minimum atomic E-state index is -0.576. The largest absolute Gasteiger partial charge is 0.453 e. The third kappa shape index (κ3) is 3.24. The molecule has 1 saturated heterocycles.